The fourth-order valence-electron chi connectivity index (χ4n) is 2.94. The summed E-state index contributed by atoms with van der Waals surface area (Å²) in [6, 6.07) is 12.5. The molecule has 1 aliphatic rings. The number of carbonyl (C=O) groups excluding carboxylic acids is 1. The molecule has 0 bridgehead atoms. The van der Waals surface area contributed by atoms with E-state index in [-0.39, 0.29) is 5.91 Å². The number of hydrogen-bond acceptors (Lipinski definition) is 2. The second-order valence-electron chi connectivity index (χ2n) is 6.27. The second-order valence-corrected chi connectivity index (χ2v) is 7.19. The summed E-state index contributed by atoms with van der Waals surface area (Å²) in [5, 5.41) is 0. The predicted molar refractivity (Wildman–Crippen MR) is 96.8 cm³/mol. The number of amides is 1. The van der Waals surface area contributed by atoms with Crippen LogP contribution in [0.2, 0.25) is 0 Å². The molecular weight excluding hydrogens is 409 g/mol. The molecule has 0 aliphatic carbocycles. The van der Waals surface area contributed by atoms with Gasteiger partial charge in [0.15, 0.2) is 0 Å². The first-order valence-electron chi connectivity index (χ1n) is 8.26. The maximum atomic E-state index is 12.6. The van der Waals surface area contributed by atoms with Gasteiger partial charge in [-0.15, -0.1) is 0 Å². The van der Waals surface area contributed by atoms with Gasteiger partial charge in [0, 0.05) is 42.8 Å². The molecule has 1 fully saturated rings. The third-order valence-corrected chi connectivity index (χ3v) is 4.97. The molecular formula is C19H18BrF3N2O. The minimum Gasteiger partial charge on any atom is -0.336 e. The van der Waals surface area contributed by atoms with Crippen LogP contribution in [0, 0.1) is 0 Å². The van der Waals surface area contributed by atoms with Gasteiger partial charge >= 0.3 is 6.18 Å². The molecule has 1 heterocycles. The Morgan fingerprint density at radius 1 is 0.923 bits per heavy atom. The van der Waals surface area contributed by atoms with Gasteiger partial charge in [-0.3, -0.25) is 9.69 Å². The zero-order valence-corrected chi connectivity index (χ0v) is 15.6. The van der Waals surface area contributed by atoms with Gasteiger partial charge in [-0.25, -0.2) is 0 Å². The minimum atomic E-state index is -4.31. The number of carbonyl (C=O) groups is 1. The Balaban J connectivity index is 1.53. The predicted octanol–water partition coefficient (Wildman–Crippen LogP) is 4.43. The van der Waals surface area contributed by atoms with Crippen molar-refractivity contribution >= 4 is 21.8 Å². The standard InChI is InChI=1S/C19H18BrF3N2O/c20-17-7-3-15(4-8-17)18(26)25-11-9-24(10-12-25)13-14-1-5-16(6-2-14)19(21,22)23/h1-8H,9-13H2. The largest absolute Gasteiger partial charge is 0.416 e. The van der Waals surface area contributed by atoms with Crippen LogP contribution in [-0.4, -0.2) is 41.9 Å². The van der Waals surface area contributed by atoms with E-state index in [2.05, 4.69) is 20.8 Å². The summed E-state index contributed by atoms with van der Waals surface area (Å²) in [7, 11) is 0. The number of hydrogen-bond donors (Lipinski definition) is 0. The zero-order valence-electron chi connectivity index (χ0n) is 14.0. The van der Waals surface area contributed by atoms with Gasteiger partial charge in [0.25, 0.3) is 5.91 Å². The normalized spacial score (nSPS) is 15.9. The third-order valence-electron chi connectivity index (χ3n) is 4.44. The van der Waals surface area contributed by atoms with Crippen molar-refractivity contribution in [3.63, 3.8) is 0 Å². The monoisotopic (exact) mass is 426 g/mol. The fraction of sp³-hybridized carbons (Fsp3) is 0.316. The van der Waals surface area contributed by atoms with E-state index in [1.165, 1.54) is 12.1 Å². The van der Waals surface area contributed by atoms with Crippen molar-refractivity contribution in [3.05, 3.63) is 69.7 Å². The van der Waals surface area contributed by atoms with E-state index in [1.54, 1.807) is 12.1 Å². The maximum absolute atomic E-state index is 12.6. The summed E-state index contributed by atoms with van der Waals surface area (Å²) in [6.45, 7) is 3.19. The Morgan fingerprint density at radius 2 is 1.50 bits per heavy atom. The highest BCUT2D eigenvalue weighted by molar-refractivity contribution is 9.10. The van der Waals surface area contributed by atoms with Crippen molar-refractivity contribution in [2.24, 2.45) is 0 Å². The summed E-state index contributed by atoms with van der Waals surface area (Å²) in [5.74, 6) is 0.00619. The summed E-state index contributed by atoms with van der Waals surface area (Å²) < 4.78 is 38.8. The Hall–Kier alpha value is -1.86. The molecule has 2 aromatic carbocycles. The molecule has 138 valence electrons. The Morgan fingerprint density at radius 3 is 2.04 bits per heavy atom. The molecule has 7 heteroatoms. The topological polar surface area (TPSA) is 23.6 Å². The van der Waals surface area contributed by atoms with Gasteiger partial charge in [-0.05, 0) is 42.0 Å². The highest BCUT2D eigenvalue weighted by Crippen LogP contribution is 2.29. The van der Waals surface area contributed by atoms with Crippen LogP contribution in [0.3, 0.4) is 0 Å². The molecule has 1 saturated heterocycles. The van der Waals surface area contributed by atoms with Gasteiger partial charge < -0.3 is 4.90 Å². The van der Waals surface area contributed by atoms with Crippen LogP contribution in [-0.2, 0) is 12.7 Å². The second kappa shape index (κ2) is 7.80. The van der Waals surface area contributed by atoms with E-state index < -0.39 is 11.7 Å². The molecule has 0 spiro atoms. The van der Waals surface area contributed by atoms with E-state index in [0.29, 0.717) is 38.3 Å². The van der Waals surface area contributed by atoms with Crippen LogP contribution in [0.5, 0.6) is 0 Å². The Bertz CT molecular complexity index is 752. The van der Waals surface area contributed by atoms with E-state index in [1.807, 2.05) is 17.0 Å². The molecule has 2 aromatic rings. The molecule has 0 radical (unpaired) electrons. The molecule has 0 aromatic heterocycles. The van der Waals surface area contributed by atoms with Crippen LogP contribution in [0.1, 0.15) is 21.5 Å². The first-order valence-corrected chi connectivity index (χ1v) is 9.05. The van der Waals surface area contributed by atoms with Gasteiger partial charge in [0.1, 0.15) is 0 Å². The number of halogens is 4. The Kier molecular flexibility index (Phi) is 5.67. The molecule has 0 atom stereocenters. The number of nitrogens with zero attached hydrogens (tertiary/aromatic N) is 2. The molecule has 3 rings (SSSR count). The van der Waals surface area contributed by atoms with E-state index in [4.69, 9.17) is 0 Å². The first-order chi connectivity index (χ1) is 12.3. The van der Waals surface area contributed by atoms with Gasteiger partial charge in [0.05, 0.1) is 5.56 Å². The highest BCUT2D eigenvalue weighted by Gasteiger charge is 2.30. The lowest BCUT2D eigenvalue weighted by Gasteiger charge is -2.34. The van der Waals surface area contributed by atoms with Crippen LogP contribution < -0.4 is 0 Å². The summed E-state index contributed by atoms with van der Waals surface area (Å²) in [5.41, 5.74) is 0.862. The first kappa shape index (κ1) is 18.9. The number of rotatable bonds is 3. The zero-order chi connectivity index (χ0) is 18.7. The molecule has 0 saturated carbocycles. The van der Waals surface area contributed by atoms with E-state index in [9.17, 15) is 18.0 Å². The number of alkyl halides is 3. The van der Waals surface area contributed by atoms with Crippen molar-refractivity contribution in [1.82, 2.24) is 9.80 Å². The van der Waals surface area contributed by atoms with Crippen molar-refractivity contribution < 1.29 is 18.0 Å². The lowest BCUT2D eigenvalue weighted by molar-refractivity contribution is -0.137. The average molecular weight is 427 g/mol. The average Bonchev–Trinajstić information content (AvgIpc) is 2.62. The summed E-state index contributed by atoms with van der Waals surface area (Å²) >= 11 is 3.35. The molecule has 1 aliphatic heterocycles. The SMILES string of the molecule is O=C(c1ccc(Br)cc1)N1CCN(Cc2ccc(C(F)(F)F)cc2)CC1. The minimum absolute atomic E-state index is 0.00619. The van der Waals surface area contributed by atoms with Crippen LogP contribution in [0.25, 0.3) is 0 Å². The quantitative estimate of drug-likeness (QED) is 0.724. The maximum Gasteiger partial charge on any atom is 0.416 e. The molecule has 0 unspecified atom stereocenters. The molecule has 26 heavy (non-hydrogen) atoms. The van der Waals surface area contributed by atoms with Gasteiger partial charge in [0.2, 0.25) is 0 Å². The van der Waals surface area contributed by atoms with E-state index >= 15 is 0 Å². The number of piperazine rings is 1. The van der Waals surface area contributed by atoms with Crippen molar-refractivity contribution in [3.8, 4) is 0 Å². The molecule has 3 nitrogen and oxygen atoms in total. The highest BCUT2D eigenvalue weighted by atomic mass is 79.9. The van der Waals surface area contributed by atoms with Crippen molar-refractivity contribution in [2.45, 2.75) is 12.7 Å². The smallest absolute Gasteiger partial charge is 0.336 e. The lowest BCUT2D eigenvalue weighted by atomic mass is 10.1. The van der Waals surface area contributed by atoms with Gasteiger partial charge in [-0.1, -0.05) is 28.1 Å². The number of benzene rings is 2. The summed E-state index contributed by atoms with van der Waals surface area (Å²) in [6.07, 6.45) is -4.31. The Labute approximate surface area is 158 Å². The van der Waals surface area contributed by atoms with Crippen molar-refractivity contribution in [1.29, 1.82) is 0 Å². The van der Waals surface area contributed by atoms with Crippen LogP contribution in [0.15, 0.2) is 53.0 Å². The van der Waals surface area contributed by atoms with Crippen LogP contribution in [0.4, 0.5) is 13.2 Å². The third kappa shape index (κ3) is 4.65. The van der Waals surface area contributed by atoms with Gasteiger partial charge in [-0.2, -0.15) is 13.2 Å². The lowest BCUT2D eigenvalue weighted by Crippen LogP contribution is -2.48. The van der Waals surface area contributed by atoms with E-state index in [0.717, 1.165) is 22.2 Å². The fourth-order valence-corrected chi connectivity index (χ4v) is 3.21. The van der Waals surface area contributed by atoms with Crippen molar-refractivity contribution in [2.75, 3.05) is 26.2 Å². The molecule has 1 amide bonds. The molecule has 0 N–H and O–H groups in total. The summed E-state index contributed by atoms with van der Waals surface area (Å²) in [4.78, 5) is 16.5. The van der Waals surface area contributed by atoms with Crippen LogP contribution >= 0.6 is 15.9 Å².